The minimum absolute atomic E-state index is 0.194. The number of anilines is 1. The molecule has 0 unspecified atom stereocenters. The number of aryl methyl sites for hydroxylation is 1. The predicted octanol–water partition coefficient (Wildman–Crippen LogP) is 3.89. The summed E-state index contributed by atoms with van der Waals surface area (Å²) >= 11 is 6.14. The van der Waals surface area contributed by atoms with Crippen molar-refractivity contribution < 1.29 is 23.8 Å². The third kappa shape index (κ3) is 4.68. The number of amides is 2. The molecule has 0 spiro atoms. The lowest BCUT2D eigenvalue weighted by atomic mass is 10.0. The van der Waals surface area contributed by atoms with E-state index in [0.717, 1.165) is 5.56 Å². The molecular weight excluding hydrogens is 420 g/mol. The Bertz CT molecular complexity index is 1030. The van der Waals surface area contributed by atoms with Gasteiger partial charge < -0.3 is 19.5 Å². The van der Waals surface area contributed by atoms with Gasteiger partial charge in [-0.25, -0.2) is 0 Å². The van der Waals surface area contributed by atoms with Gasteiger partial charge in [0.1, 0.15) is 5.70 Å². The van der Waals surface area contributed by atoms with Crippen LogP contribution in [0.25, 0.3) is 5.57 Å². The molecule has 1 aliphatic heterocycles. The number of halogens is 1. The number of nitrogens with one attached hydrogen (secondary N) is 1. The molecule has 0 radical (unpaired) electrons. The van der Waals surface area contributed by atoms with Crippen LogP contribution < -0.4 is 14.8 Å². The summed E-state index contributed by atoms with van der Waals surface area (Å²) in [4.78, 5) is 27.7. The number of carbonyl (C=O) groups excluding carboxylic acids is 2. The second kappa shape index (κ2) is 9.85. The van der Waals surface area contributed by atoms with Crippen LogP contribution in [-0.2, 0) is 14.3 Å². The van der Waals surface area contributed by atoms with Crippen LogP contribution in [0.2, 0.25) is 5.02 Å². The Labute approximate surface area is 186 Å². The predicted molar refractivity (Wildman–Crippen MR) is 119 cm³/mol. The lowest BCUT2D eigenvalue weighted by Gasteiger charge is -2.15. The van der Waals surface area contributed by atoms with Crippen LogP contribution in [0.1, 0.15) is 17.5 Å². The van der Waals surface area contributed by atoms with Crippen molar-refractivity contribution in [3.63, 3.8) is 0 Å². The van der Waals surface area contributed by atoms with Gasteiger partial charge in [0.25, 0.3) is 11.8 Å². The Morgan fingerprint density at radius 1 is 0.968 bits per heavy atom. The van der Waals surface area contributed by atoms with Crippen molar-refractivity contribution in [2.75, 3.05) is 39.8 Å². The summed E-state index contributed by atoms with van der Waals surface area (Å²) in [6.07, 6.45) is 0.538. The number of nitrogens with zero attached hydrogens (tertiary/aromatic N) is 1. The lowest BCUT2D eigenvalue weighted by molar-refractivity contribution is -0.136. The summed E-state index contributed by atoms with van der Waals surface area (Å²) in [6.45, 7) is 2.59. The van der Waals surface area contributed by atoms with E-state index in [9.17, 15) is 9.59 Å². The maximum atomic E-state index is 13.3. The standard InChI is InChI=1S/C23H25ClN2O5/c1-14-6-8-16(24)13-17(14)25-21-20(15-7-9-18(30-3)19(12-15)31-4)22(27)26(23(21)28)10-5-11-29-2/h6-9,12-13,25H,5,10-11H2,1-4H3. The zero-order chi connectivity index (χ0) is 22.5. The van der Waals surface area contributed by atoms with E-state index in [2.05, 4.69) is 5.32 Å². The number of carbonyl (C=O) groups is 2. The molecule has 8 heteroatoms. The Hall–Kier alpha value is -3.03. The van der Waals surface area contributed by atoms with Crippen LogP contribution in [0.3, 0.4) is 0 Å². The summed E-state index contributed by atoms with van der Waals surface area (Å²) in [5.41, 5.74) is 2.55. The van der Waals surface area contributed by atoms with Gasteiger partial charge in [0.2, 0.25) is 0 Å². The molecule has 0 fully saturated rings. The highest BCUT2D eigenvalue weighted by atomic mass is 35.5. The molecule has 1 heterocycles. The van der Waals surface area contributed by atoms with Crippen molar-refractivity contribution in [3.05, 3.63) is 58.2 Å². The molecule has 1 N–H and O–H groups in total. The van der Waals surface area contributed by atoms with Crippen molar-refractivity contribution >= 4 is 34.7 Å². The van der Waals surface area contributed by atoms with E-state index >= 15 is 0 Å². The van der Waals surface area contributed by atoms with E-state index in [0.29, 0.717) is 40.8 Å². The summed E-state index contributed by atoms with van der Waals surface area (Å²) < 4.78 is 15.7. The third-order valence-corrected chi connectivity index (χ3v) is 5.26. The molecule has 0 aliphatic carbocycles. The molecule has 1 aliphatic rings. The van der Waals surface area contributed by atoms with Crippen molar-refractivity contribution in [3.8, 4) is 11.5 Å². The van der Waals surface area contributed by atoms with Crippen molar-refractivity contribution in [2.24, 2.45) is 0 Å². The molecule has 2 aromatic carbocycles. The molecular formula is C23H25ClN2O5. The molecule has 2 amide bonds. The molecule has 0 saturated carbocycles. The zero-order valence-electron chi connectivity index (χ0n) is 18.0. The van der Waals surface area contributed by atoms with Crippen molar-refractivity contribution in [2.45, 2.75) is 13.3 Å². The highest BCUT2D eigenvalue weighted by molar-refractivity contribution is 6.36. The molecule has 0 atom stereocenters. The molecule has 31 heavy (non-hydrogen) atoms. The van der Waals surface area contributed by atoms with Gasteiger partial charge in [-0.05, 0) is 48.7 Å². The highest BCUT2D eigenvalue weighted by Crippen LogP contribution is 2.36. The summed E-state index contributed by atoms with van der Waals surface area (Å²) in [5, 5.41) is 3.67. The topological polar surface area (TPSA) is 77.1 Å². The first-order chi connectivity index (χ1) is 14.9. The number of ether oxygens (including phenoxy) is 3. The van der Waals surface area contributed by atoms with Gasteiger partial charge in [-0.2, -0.15) is 0 Å². The number of hydrogen-bond acceptors (Lipinski definition) is 6. The first-order valence-electron chi connectivity index (χ1n) is 9.76. The molecule has 7 nitrogen and oxygen atoms in total. The number of hydrogen-bond donors (Lipinski definition) is 1. The van der Waals surface area contributed by atoms with Gasteiger partial charge >= 0.3 is 0 Å². The van der Waals surface area contributed by atoms with Gasteiger partial charge in [-0.1, -0.05) is 23.7 Å². The minimum Gasteiger partial charge on any atom is -0.493 e. The molecule has 3 rings (SSSR count). The van der Waals surface area contributed by atoms with Crippen LogP contribution >= 0.6 is 11.6 Å². The lowest BCUT2D eigenvalue weighted by Crippen LogP contribution is -2.34. The van der Waals surface area contributed by atoms with E-state index < -0.39 is 5.91 Å². The SMILES string of the molecule is COCCCN1C(=O)C(Nc2cc(Cl)ccc2C)=C(c2ccc(OC)c(OC)c2)C1=O. The van der Waals surface area contributed by atoms with Gasteiger partial charge in [0.15, 0.2) is 11.5 Å². The summed E-state index contributed by atoms with van der Waals surface area (Å²) in [7, 11) is 4.63. The zero-order valence-corrected chi connectivity index (χ0v) is 18.7. The molecule has 0 bridgehead atoms. The first kappa shape index (κ1) is 22.7. The summed E-state index contributed by atoms with van der Waals surface area (Å²) in [5.74, 6) is 0.213. The van der Waals surface area contributed by atoms with E-state index in [1.54, 1.807) is 37.4 Å². The van der Waals surface area contributed by atoms with Gasteiger partial charge in [-0.15, -0.1) is 0 Å². The monoisotopic (exact) mass is 444 g/mol. The Balaban J connectivity index is 2.08. The number of rotatable bonds is 9. The number of imide groups is 1. The fraction of sp³-hybridized carbons (Fsp3) is 0.304. The Morgan fingerprint density at radius 3 is 2.39 bits per heavy atom. The molecule has 164 valence electrons. The Kier molecular flexibility index (Phi) is 7.20. The van der Waals surface area contributed by atoms with E-state index in [1.807, 2.05) is 13.0 Å². The molecule has 0 aromatic heterocycles. The van der Waals surface area contributed by atoms with Crippen LogP contribution in [-0.4, -0.2) is 51.2 Å². The maximum absolute atomic E-state index is 13.3. The van der Waals surface area contributed by atoms with Crippen LogP contribution in [0.4, 0.5) is 5.69 Å². The number of benzene rings is 2. The van der Waals surface area contributed by atoms with Crippen molar-refractivity contribution in [1.82, 2.24) is 4.90 Å². The fourth-order valence-electron chi connectivity index (χ4n) is 3.39. The average molecular weight is 445 g/mol. The van der Waals surface area contributed by atoms with Crippen molar-refractivity contribution in [1.29, 1.82) is 0 Å². The third-order valence-electron chi connectivity index (χ3n) is 5.03. The quantitative estimate of drug-likeness (QED) is 0.467. The smallest absolute Gasteiger partial charge is 0.278 e. The van der Waals surface area contributed by atoms with E-state index in [4.69, 9.17) is 25.8 Å². The van der Waals surface area contributed by atoms with Crippen LogP contribution in [0.5, 0.6) is 11.5 Å². The number of methoxy groups -OCH3 is 3. The normalized spacial score (nSPS) is 13.8. The molecule has 0 saturated heterocycles. The Morgan fingerprint density at radius 2 is 1.71 bits per heavy atom. The van der Waals surface area contributed by atoms with Crippen LogP contribution in [0.15, 0.2) is 42.1 Å². The second-order valence-electron chi connectivity index (χ2n) is 7.01. The van der Waals surface area contributed by atoms with Gasteiger partial charge in [-0.3, -0.25) is 14.5 Å². The average Bonchev–Trinajstić information content (AvgIpc) is 3.00. The fourth-order valence-corrected chi connectivity index (χ4v) is 3.56. The van der Waals surface area contributed by atoms with E-state index in [1.165, 1.54) is 19.1 Å². The van der Waals surface area contributed by atoms with Gasteiger partial charge in [0, 0.05) is 31.0 Å². The minimum atomic E-state index is -0.398. The maximum Gasteiger partial charge on any atom is 0.278 e. The highest BCUT2D eigenvalue weighted by Gasteiger charge is 2.39. The van der Waals surface area contributed by atoms with E-state index in [-0.39, 0.29) is 23.7 Å². The largest absolute Gasteiger partial charge is 0.493 e. The van der Waals surface area contributed by atoms with Gasteiger partial charge in [0.05, 0.1) is 19.8 Å². The summed E-state index contributed by atoms with van der Waals surface area (Å²) in [6, 6.07) is 10.5. The first-order valence-corrected chi connectivity index (χ1v) is 10.1. The van der Waals surface area contributed by atoms with Crippen LogP contribution in [0, 0.1) is 6.92 Å². The molecule has 2 aromatic rings. The second-order valence-corrected chi connectivity index (χ2v) is 7.45.